The minimum absolute atomic E-state index is 0.0113. The number of aromatic amines is 1. The largest absolute Gasteiger partial charge is 0.394 e. The van der Waals surface area contributed by atoms with Crippen molar-refractivity contribution in [1.29, 1.82) is 0 Å². The predicted octanol–water partition coefficient (Wildman–Crippen LogP) is 0.643. The molecular formula is C23H27FN9O8PS. The van der Waals surface area contributed by atoms with Crippen molar-refractivity contribution in [2.24, 2.45) is 0 Å². The number of nitrogen functional groups attached to an aromatic ring is 2. The zero-order valence-electron chi connectivity index (χ0n) is 22.3. The molecule has 43 heavy (non-hydrogen) atoms. The minimum Gasteiger partial charge on any atom is -0.394 e. The number of halogens is 1. The van der Waals surface area contributed by atoms with Crippen molar-refractivity contribution in [3.63, 3.8) is 0 Å². The Labute approximate surface area is 247 Å². The van der Waals surface area contributed by atoms with Gasteiger partial charge in [-0.3, -0.25) is 23.4 Å². The van der Waals surface area contributed by atoms with E-state index in [0.29, 0.717) is 11.0 Å². The fraction of sp³-hybridized carbons (Fsp3) is 0.435. The number of H-pyrrole nitrogens is 1. The summed E-state index contributed by atoms with van der Waals surface area (Å²) in [7, 11) is 0. The normalized spacial score (nSPS) is 24.1. The summed E-state index contributed by atoms with van der Waals surface area (Å²) in [6.45, 7) is -4.42. The molecule has 0 bridgehead atoms. The molecule has 5 heterocycles. The minimum atomic E-state index is -4.60. The summed E-state index contributed by atoms with van der Waals surface area (Å²) < 4.78 is 53.2. The van der Waals surface area contributed by atoms with Crippen LogP contribution in [0.3, 0.4) is 0 Å². The monoisotopic (exact) mass is 639 g/mol. The smallest absolute Gasteiger partial charge is 0.388 e. The van der Waals surface area contributed by atoms with Crippen molar-refractivity contribution < 1.29 is 37.7 Å². The number of anilines is 2. The van der Waals surface area contributed by atoms with Crippen LogP contribution in [0.1, 0.15) is 25.8 Å². The highest BCUT2D eigenvalue weighted by Gasteiger charge is 2.50. The highest BCUT2D eigenvalue weighted by Crippen LogP contribution is 2.56. The van der Waals surface area contributed by atoms with Gasteiger partial charge in [0.1, 0.15) is 36.7 Å². The van der Waals surface area contributed by atoms with Crippen LogP contribution in [0.15, 0.2) is 29.7 Å². The first kappa shape index (κ1) is 30.8. The molecule has 17 nitrogen and oxygen atoms in total. The van der Waals surface area contributed by atoms with Crippen molar-refractivity contribution in [2.75, 3.05) is 24.7 Å². The lowest BCUT2D eigenvalue weighted by Crippen LogP contribution is -2.42. The summed E-state index contributed by atoms with van der Waals surface area (Å²) in [4.78, 5) is 30.4. The van der Waals surface area contributed by atoms with Gasteiger partial charge in [-0.15, -0.1) is 6.42 Å². The third-order valence-electron chi connectivity index (χ3n) is 6.66. The number of aliphatic hydroxyl groups is 2. The summed E-state index contributed by atoms with van der Waals surface area (Å²) in [5.74, 6) is 2.28. The number of hydrogen-bond donors (Lipinski definition) is 6. The molecule has 0 amide bonds. The Kier molecular flexibility index (Phi) is 8.48. The summed E-state index contributed by atoms with van der Waals surface area (Å²) in [5, 5.41) is 20.9. The highest BCUT2D eigenvalue weighted by atomic mass is 32.7. The first-order valence-corrected chi connectivity index (χ1v) is 15.3. The van der Waals surface area contributed by atoms with Gasteiger partial charge in [-0.05, 0) is 13.0 Å². The lowest BCUT2D eigenvalue weighted by atomic mass is 9.99. The second kappa shape index (κ2) is 11.8. The molecule has 0 spiro atoms. The molecule has 4 aromatic heterocycles. The Morgan fingerprint density at radius 2 is 2.16 bits per heavy atom. The van der Waals surface area contributed by atoms with Crippen LogP contribution in [0.2, 0.25) is 0 Å². The average molecular weight is 640 g/mol. The van der Waals surface area contributed by atoms with Gasteiger partial charge in [0.2, 0.25) is 5.95 Å². The van der Waals surface area contributed by atoms with E-state index in [4.69, 9.17) is 36.4 Å². The second-order valence-electron chi connectivity index (χ2n) is 9.57. The maximum absolute atomic E-state index is 15.7. The molecule has 7 N–H and O–H groups in total. The van der Waals surface area contributed by atoms with E-state index in [0.717, 1.165) is 10.9 Å². The van der Waals surface area contributed by atoms with Crippen molar-refractivity contribution in [3.05, 3.63) is 35.3 Å². The van der Waals surface area contributed by atoms with Gasteiger partial charge in [0.15, 0.2) is 23.0 Å². The van der Waals surface area contributed by atoms with Gasteiger partial charge in [-0.25, -0.2) is 23.9 Å². The Morgan fingerprint density at radius 3 is 2.88 bits per heavy atom. The molecule has 7 atom stereocenters. The maximum atomic E-state index is 15.7. The van der Waals surface area contributed by atoms with E-state index in [9.17, 15) is 19.6 Å². The zero-order chi connectivity index (χ0) is 31.1. The maximum Gasteiger partial charge on any atom is 0.388 e. The number of nitrogens with one attached hydrogen (secondary N) is 1. The van der Waals surface area contributed by atoms with Crippen LogP contribution in [0.4, 0.5) is 16.2 Å². The Morgan fingerprint density at radius 1 is 1.40 bits per heavy atom. The number of thiol groups is 1. The molecule has 2 unspecified atom stereocenters. The van der Waals surface area contributed by atoms with Gasteiger partial charge in [-0.2, -0.15) is 4.98 Å². The number of hydrogen-bond acceptors (Lipinski definition) is 14. The summed E-state index contributed by atoms with van der Waals surface area (Å²) >= 11 is 3.87. The molecule has 230 valence electrons. The van der Waals surface area contributed by atoms with Crippen LogP contribution >= 0.6 is 19.0 Å². The number of ether oxygens (including phenoxy) is 2. The van der Waals surface area contributed by atoms with E-state index < -0.39 is 62.2 Å². The van der Waals surface area contributed by atoms with Gasteiger partial charge in [0.05, 0.1) is 24.4 Å². The number of imidazole rings is 1. The third-order valence-corrected chi connectivity index (χ3v) is 8.21. The summed E-state index contributed by atoms with van der Waals surface area (Å²) in [5.41, 5.74) is 9.03. The number of aliphatic hydroxyl groups excluding tert-OH is 2. The number of fused-ring (bicyclic) bond motifs is 2. The van der Waals surface area contributed by atoms with Crippen LogP contribution in [0.25, 0.3) is 22.2 Å². The molecule has 1 saturated heterocycles. The van der Waals surface area contributed by atoms with Crippen LogP contribution < -0.4 is 17.0 Å². The zero-order valence-corrected chi connectivity index (χ0v) is 24.1. The molecule has 1 aliphatic rings. The lowest BCUT2D eigenvalue weighted by molar-refractivity contribution is -0.156. The van der Waals surface area contributed by atoms with E-state index >= 15 is 4.39 Å². The van der Waals surface area contributed by atoms with Gasteiger partial charge in [0.25, 0.3) is 11.9 Å². The molecule has 0 radical (unpaired) electrons. The van der Waals surface area contributed by atoms with Crippen molar-refractivity contribution in [1.82, 2.24) is 34.1 Å². The fourth-order valence-corrected chi connectivity index (χ4v) is 5.72. The van der Waals surface area contributed by atoms with Crippen LogP contribution in [0.5, 0.6) is 0 Å². The van der Waals surface area contributed by atoms with Crippen LogP contribution in [-0.4, -0.2) is 81.6 Å². The van der Waals surface area contributed by atoms with E-state index in [1.807, 2.05) is 0 Å². The molecule has 5 rings (SSSR count). The van der Waals surface area contributed by atoms with Crippen molar-refractivity contribution >= 4 is 53.0 Å². The lowest BCUT2D eigenvalue weighted by Gasteiger charge is -2.29. The SMILES string of the molecule is C#C[C@]1(COP(=O)(S)OC(F)[C@@H](O[C@@H](C)CO)n2cnc3c(=O)[nH]c(N)nc32)O[C@@H](n2ccc3c(N)ncnc32)C[C@@H]1O. The number of nitrogens with zero attached hydrogens (tertiary/aromatic N) is 6. The van der Waals surface area contributed by atoms with Gasteiger partial charge in [0, 0.05) is 12.6 Å². The topological polar surface area (TPSA) is 241 Å². The quantitative estimate of drug-likeness (QED) is 0.0750. The highest BCUT2D eigenvalue weighted by molar-refractivity contribution is 8.44. The molecule has 4 aromatic rings. The van der Waals surface area contributed by atoms with E-state index in [-0.39, 0.29) is 29.4 Å². The number of terminal acetylenes is 1. The van der Waals surface area contributed by atoms with E-state index in [1.54, 1.807) is 16.8 Å². The Bertz CT molecular complexity index is 1800. The second-order valence-corrected chi connectivity index (χ2v) is 12.4. The Hall–Kier alpha value is -3.60. The number of rotatable bonds is 11. The molecule has 20 heteroatoms. The summed E-state index contributed by atoms with van der Waals surface area (Å²) in [6, 6.07) is 1.67. The first-order valence-electron chi connectivity index (χ1n) is 12.6. The van der Waals surface area contributed by atoms with E-state index in [2.05, 4.69) is 43.1 Å². The van der Waals surface area contributed by atoms with Gasteiger partial charge >= 0.3 is 6.80 Å². The summed E-state index contributed by atoms with van der Waals surface area (Å²) in [6.07, 6.45) is 2.14. The van der Waals surface area contributed by atoms with Gasteiger partial charge in [-0.1, -0.05) is 18.2 Å². The van der Waals surface area contributed by atoms with Gasteiger partial charge < -0.3 is 35.7 Å². The number of aromatic nitrogens is 7. The van der Waals surface area contributed by atoms with E-state index in [1.165, 1.54) is 13.3 Å². The van der Waals surface area contributed by atoms with Crippen LogP contribution in [0, 0.1) is 12.3 Å². The molecule has 1 fully saturated rings. The fourth-order valence-electron chi connectivity index (χ4n) is 4.50. The molecular weight excluding hydrogens is 612 g/mol. The van der Waals surface area contributed by atoms with Crippen LogP contribution in [-0.2, 0) is 23.1 Å². The molecule has 0 aliphatic carbocycles. The molecule has 1 aliphatic heterocycles. The Balaban J connectivity index is 1.34. The number of nitrogens with two attached hydrogens (primary N) is 2. The standard InChI is InChI=1S/C23H27FN9O8PS/c1-3-23(13(35)6-14(40-23)32-5-4-12-17(25)27-9-28-18(12)32)8-38-42(37,43)41-16(24)21(39-11(2)7-34)33-10-29-15-19(33)30-22(26)31-20(15)36/h1,4-5,9-11,13-14,16,21,34-35H,6-8H2,2H3,(H,37,43)(H2,25,27,28)(H3,26,30,31,36)/t11-,13-,14+,16?,21+,23+,42?/m0/s1. The first-order chi connectivity index (χ1) is 20.4. The average Bonchev–Trinajstić information content (AvgIpc) is 3.66. The predicted molar refractivity (Wildman–Crippen MR) is 152 cm³/mol. The molecule has 0 saturated carbocycles. The van der Waals surface area contributed by atoms with Crippen molar-refractivity contribution in [3.8, 4) is 12.3 Å². The number of alkyl halides is 1. The molecule has 0 aromatic carbocycles. The van der Waals surface area contributed by atoms with Crippen molar-refractivity contribution in [2.45, 2.75) is 50.0 Å². The third kappa shape index (κ3) is 5.96.